The van der Waals surface area contributed by atoms with E-state index in [2.05, 4.69) is 56.7 Å². The molecule has 1 aliphatic rings. The summed E-state index contributed by atoms with van der Waals surface area (Å²) in [5.74, 6) is 0.674. The van der Waals surface area contributed by atoms with Gasteiger partial charge in [0.05, 0.1) is 40.3 Å². The first kappa shape index (κ1) is 34.0. The van der Waals surface area contributed by atoms with E-state index in [4.69, 9.17) is 21.3 Å². The lowest BCUT2D eigenvalue weighted by Crippen LogP contribution is -2.50. The predicted octanol–water partition coefficient (Wildman–Crippen LogP) is 6.94. The van der Waals surface area contributed by atoms with Crippen LogP contribution < -0.4 is 15.1 Å². The second-order valence-electron chi connectivity index (χ2n) is 12.8. The summed E-state index contributed by atoms with van der Waals surface area (Å²) in [7, 11) is 0. The highest BCUT2D eigenvalue weighted by Crippen LogP contribution is 2.38. The zero-order valence-corrected chi connectivity index (χ0v) is 29.1. The fraction of sp³-hybridized carbons (Fsp3) is 0.297. The van der Waals surface area contributed by atoms with Gasteiger partial charge in [0.1, 0.15) is 11.7 Å². The molecule has 13 heteroatoms. The molecule has 1 N–H and O–H groups in total. The third kappa shape index (κ3) is 7.12. The molecule has 3 heterocycles. The van der Waals surface area contributed by atoms with Gasteiger partial charge in [-0.1, -0.05) is 72.3 Å². The Morgan fingerprint density at radius 2 is 1.64 bits per heavy atom. The Balaban J connectivity index is 1.38. The van der Waals surface area contributed by atoms with Crippen molar-refractivity contribution in [2.24, 2.45) is 0 Å². The third-order valence-electron chi connectivity index (χ3n) is 8.32. The quantitative estimate of drug-likeness (QED) is 0.182. The number of imidazole rings is 1. The second-order valence-corrected chi connectivity index (χ2v) is 13.2. The van der Waals surface area contributed by atoms with Gasteiger partial charge in [0.25, 0.3) is 0 Å². The molecule has 6 rings (SSSR count). The summed E-state index contributed by atoms with van der Waals surface area (Å²) in [6.07, 6.45) is 1.11. The van der Waals surface area contributed by atoms with Crippen LogP contribution in [0.5, 0.6) is 0 Å². The maximum absolute atomic E-state index is 12.7. The Bertz CT molecular complexity index is 2040. The van der Waals surface area contributed by atoms with E-state index >= 15 is 0 Å². The van der Waals surface area contributed by atoms with Crippen LogP contribution in [0.2, 0.25) is 5.02 Å². The van der Waals surface area contributed by atoms with Crippen LogP contribution in [0.25, 0.3) is 5.65 Å². The Morgan fingerprint density at radius 3 is 2.20 bits per heavy atom. The summed E-state index contributed by atoms with van der Waals surface area (Å²) in [6, 6.07) is 27.8. The van der Waals surface area contributed by atoms with Gasteiger partial charge in [-0.25, -0.2) is 9.78 Å². The Morgan fingerprint density at radius 1 is 1.00 bits per heavy atom. The number of rotatable bonds is 8. The molecule has 1 saturated heterocycles. The summed E-state index contributed by atoms with van der Waals surface area (Å²) in [5, 5.41) is 28.2. The Labute approximate surface area is 296 Å². The lowest BCUT2D eigenvalue weighted by atomic mass is 9.97. The van der Waals surface area contributed by atoms with Gasteiger partial charge in [0, 0.05) is 32.7 Å². The highest BCUT2D eigenvalue weighted by molar-refractivity contribution is 6.36. The van der Waals surface area contributed by atoms with Crippen molar-refractivity contribution in [1.82, 2.24) is 24.5 Å². The molecular weight excluding hydrogens is 652 g/mol. The van der Waals surface area contributed by atoms with E-state index < -0.39 is 5.60 Å². The van der Waals surface area contributed by atoms with E-state index in [0.717, 1.165) is 11.1 Å². The van der Waals surface area contributed by atoms with Crippen LogP contribution in [0.4, 0.5) is 27.9 Å². The van der Waals surface area contributed by atoms with Crippen LogP contribution in [0.3, 0.4) is 0 Å². The van der Waals surface area contributed by atoms with Crippen molar-refractivity contribution in [3.8, 4) is 12.1 Å². The van der Waals surface area contributed by atoms with Crippen molar-refractivity contribution in [1.29, 1.82) is 10.5 Å². The zero-order valence-electron chi connectivity index (χ0n) is 28.3. The van der Waals surface area contributed by atoms with Crippen molar-refractivity contribution in [2.45, 2.75) is 39.3 Å². The number of carbonyl (C=O) groups is 1. The summed E-state index contributed by atoms with van der Waals surface area (Å²) < 4.78 is 7.02. The first-order chi connectivity index (χ1) is 24.1. The fourth-order valence-corrected chi connectivity index (χ4v) is 6.31. The molecule has 1 fully saturated rings. The summed E-state index contributed by atoms with van der Waals surface area (Å²) >= 11 is 7.05. The predicted molar refractivity (Wildman–Crippen MR) is 193 cm³/mol. The van der Waals surface area contributed by atoms with E-state index in [-0.39, 0.29) is 23.8 Å². The van der Waals surface area contributed by atoms with Gasteiger partial charge < -0.3 is 24.8 Å². The van der Waals surface area contributed by atoms with Gasteiger partial charge in [-0.05, 0) is 51.0 Å². The fourth-order valence-electron chi connectivity index (χ4n) is 6.04. The summed E-state index contributed by atoms with van der Waals surface area (Å²) in [6.45, 7) is 9.97. The number of anilines is 4. The van der Waals surface area contributed by atoms with Crippen LogP contribution in [0.15, 0.2) is 79.0 Å². The minimum absolute atomic E-state index is 0.165. The molecule has 1 aliphatic heterocycles. The van der Waals surface area contributed by atoms with Crippen LogP contribution in [-0.4, -0.2) is 68.9 Å². The number of hydrogen-bond acceptors (Lipinski definition) is 10. The number of hydrogen-bond donors (Lipinski definition) is 1. The minimum Gasteiger partial charge on any atom is -0.444 e. The number of fused-ring (bicyclic) bond motifs is 1. The standard InChI is InChI=1S/C37H37ClN10O2/c1-5-47(32(26-12-8-6-9-13-26)27-14-10-7-11-15-27)34-33-41-24-28(23-40)48(33)44-35(43-34)42-29-20-25(22-39)21-30(31(29)38)45-16-18-46(19-17-45)36(49)50-37(2,3)4/h6-15,20-21,24,32H,5,16-19H2,1-4H3,(H,42,44). The van der Waals surface area contributed by atoms with Crippen LogP contribution in [-0.2, 0) is 4.74 Å². The minimum atomic E-state index is -0.590. The molecule has 3 aromatic carbocycles. The molecule has 0 unspecified atom stereocenters. The molecule has 0 radical (unpaired) electrons. The lowest BCUT2D eigenvalue weighted by Gasteiger charge is -2.37. The van der Waals surface area contributed by atoms with Crippen LogP contribution in [0, 0.1) is 22.7 Å². The van der Waals surface area contributed by atoms with Crippen molar-refractivity contribution in [2.75, 3.05) is 47.8 Å². The molecule has 0 saturated carbocycles. The number of nitrogens with zero attached hydrogens (tertiary/aromatic N) is 9. The number of piperazine rings is 1. The van der Waals surface area contributed by atoms with Crippen LogP contribution >= 0.6 is 11.6 Å². The molecule has 0 bridgehead atoms. The number of ether oxygens (including phenoxy) is 1. The molecule has 50 heavy (non-hydrogen) atoms. The number of amides is 1. The molecule has 12 nitrogen and oxygen atoms in total. The highest BCUT2D eigenvalue weighted by atomic mass is 35.5. The molecule has 0 atom stereocenters. The number of halogens is 1. The van der Waals surface area contributed by atoms with Crippen molar-refractivity contribution in [3.05, 3.63) is 106 Å². The normalized spacial score (nSPS) is 13.2. The SMILES string of the molecule is CCN(c1nc(Nc2cc(C#N)cc(N3CCN(C(=O)OC(C)(C)C)CC3)c2Cl)nn2c(C#N)cnc12)C(c1ccccc1)c1ccccc1. The monoisotopic (exact) mass is 688 g/mol. The number of carbonyl (C=O) groups excluding carboxylic acids is 1. The molecule has 0 aliphatic carbocycles. The largest absolute Gasteiger partial charge is 0.444 e. The first-order valence-corrected chi connectivity index (χ1v) is 16.7. The van der Waals surface area contributed by atoms with Crippen molar-refractivity contribution < 1.29 is 9.53 Å². The highest BCUT2D eigenvalue weighted by Gasteiger charge is 2.29. The van der Waals surface area contributed by atoms with Gasteiger partial charge in [0.2, 0.25) is 5.95 Å². The van der Waals surface area contributed by atoms with Gasteiger partial charge in [-0.3, -0.25) is 0 Å². The smallest absolute Gasteiger partial charge is 0.410 e. The average Bonchev–Trinajstić information content (AvgIpc) is 3.54. The van der Waals surface area contributed by atoms with Crippen molar-refractivity contribution in [3.63, 3.8) is 0 Å². The Kier molecular flexibility index (Phi) is 9.75. The molecule has 2 aromatic heterocycles. The maximum atomic E-state index is 12.7. The molecule has 1 amide bonds. The topological polar surface area (TPSA) is 139 Å². The number of nitrogens with one attached hydrogen (secondary N) is 1. The average molecular weight is 689 g/mol. The van der Waals surface area contributed by atoms with E-state index in [1.54, 1.807) is 17.0 Å². The van der Waals surface area contributed by atoms with Gasteiger partial charge in [0.15, 0.2) is 17.2 Å². The zero-order chi connectivity index (χ0) is 35.4. The maximum Gasteiger partial charge on any atom is 0.410 e. The van der Waals surface area contributed by atoms with E-state index in [0.29, 0.717) is 66.1 Å². The van der Waals surface area contributed by atoms with Crippen molar-refractivity contribution >= 4 is 46.5 Å². The molecule has 254 valence electrons. The second kappa shape index (κ2) is 14.3. The molecule has 5 aromatic rings. The van der Waals surface area contributed by atoms with E-state index in [9.17, 15) is 15.3 Å². The number of aromatic nitrogens is 4. The summed E-state index contributed by atoms with van der Waals surface area (Å²) in [4.78, 5) is 28.1. The Hall–Kier alpha value is -5.85. The van der Waals surface area contributed by atoms with E-state index in [1.807, 2.05) is 69.0 Å². The van der Waals surface area contributed by atoms with E-state index in [1.165, 1.54) is 10.7 Å². The third-order valence-corrected chi connectivity index (χ3v) is 8.71. The number of nitriles is 2. The van der Waals surface area contributed by atoms with Crippen LogP contribution in [0.1, 0.15) is 56.1 Å². The van der Waals surface area contributed by atoms with Gasteiger partial charge >= 0.3 is 6.09 Å². The first-order valence-electron chi connectivity index (χ1n) is 16.4. The number of benzene rings is 3. The van der Waals surface area contributed by atoms with Gasteiger partial charge in [-0.15, -0.1) is 5.10 Å². The van der Waals surface area contributed by atoms with Gasteiger partial charge in [-0.2, -0.15) is 20.0 Å². The summed E-state index contributed by atoms with van der Waals surface area (Å²) in [5.41, 5.74) is 3.62. The molecule has 0 spiro atoms. The molecular formula is C37H37ClN10O2. The lowest BCUT2D eigenvalue weighted by molar-refractivity contribution is 0.0240.